The highest BCUT2D eigenvalue weighted by molar-refractivity contribution is 5.92. The number of anilines is 2. The summed E-state index contributed by atoms with van der Waals surface area (Å²) in [6, 6.07) is 9.24. The molecular weight excluding hydrogens is 318 g/mol. The number of piperazine rings is 1. The normalized spacial score (nSPS) is 15.1. The van der Waals surface area contributed by atoms with Crippen LogP contribution in [0.2, 0.25) is 0 Å². The minimum absolute atomic E-state index is 0.0488. The molecule has 1 aromatic heterocycles. The lowest BCUT2D eigenvalue weighted by Gasteiger charge is -2.32. The molecule has 0 aliphatic carbocycles. The van der Waals surface area contributed by atoms with Gasteiger partial charge in [-0.05, 0) is 32.2 Å². The second-order valence-electron chi connectivity index (χ2n) is 6.17. The zero-order valence-corrected chi connectivity index (χ0v) is 14.8. The van der Waals surface area contributed by atoms with Crippen LogP contribution in [0.1, 0.15) is 16.2 Å². The molecule has 0 atom stereocenters. The molecule has 1 N–H and O–H groups in total. The van der Waals surface area contributed by atoms with Crippen LogP contribution in [0.25, 0.3) is 0 Å². The van der Waals surface area contributed by atoms with Gasteiger partial charge in [0.05, 0.1) is 7.11 Å². The lowest BCUT2D eigenvalue weighted by Crippen LogP contribution is -2.47. The molecule has 1 aromatic carbocycles. The van der Waals surface area contributed by atoms with E-state index in [1.807, 2.05) is 36.1 Å². The molecule has 1 saturated heterocycles. The number of likely N-dealkylation sites (N-methyl/N-ethyl adjacent to an activating group) is 1. The first kappa shape index (κ1) is 17.2. The predicted octanol–water partition coefficient (Wildman–Crippen LogP) is 1.92. The number of hydrogen-bond acceptors (Lipinski definition) is 6. The van der Waals surface area contributed by atoms with E-state index in [4.69, 9.17) is 4.74 Å². The van der Waals surface area contributed by atoms with Gasteiger partial charge in [-0.3, -0.25) is 4.79 Å². The Hall–Kier alpha value is -2.67. The summed E-state index contributed by atoms with van der Waals surface area (Å²) in [5.41, 5.74) is 1.98. The third kappa shape index (κ3) is 4.24. The van der Waals surface area contributed by atoms with Crippen LogP contribution >= 0.6 is 0 Å². The van der Waals surface area contributed by atoms with Crippen molar-refractivity contribution in [1.29, 1.82) is 0 Å². The highest BCUT2D eigenvalue weighted by atomic mass is 16.5. The van der Waals surface area contributed by atoms with E-state index in [-0.39, 0.29) is 5.91 Å². The summed E-state index contributed by atoms with van der Waals surface area (Å²) in [7, 11) is 3.68. The number of amides is 1. The maximum absolute atomic E-state index is 12.7. The molecule has 0 unspecified atom stereocenters. The minimum Gasteiger partial charge on any atom is -0.497 e. The summed E-state index contributed by atoms with van der Waals surface area (Å²) in [5, 5.41) is 3.14. The summed E-state index contributed by atoms with van der Waals surface area (Å²) >= 11 is 0. The largest absolute Gasteiger partial charge is 0.497 e. The summed E-state index contributed by atoms with van der Waals surface area (Å²) in [6.07, 6.45) is 0. The smallest absolute Gasteiger partial charge is 0.272 e. The van der Waals surface area contributed by atoms with Gasteiger partial charge < -0.3 is 19.9 Å². The Kier molecular flexibility index (Phi) is 5.14. The number of methoxy groups -OCH3 is 1. The molecule has 0 bridgehead atoms. The molecule has 1 fully saturated rings. The van der Waals surface area contributed by atoms with Crippen LogP contribution in [0, 0.1) is 6.92 Å². The van der Waals surface area contributed by atoms with Gasteiger partial charge in [0, 0.05) is 43.6 Å². The Balaban J connectivity index is 1.79. The lowest BCUT2D eigenvalue weighted by atomic mass is 10.2. The standard InChI is InChI=1S/C18H23N5O2/c1-13-11-16(17(24)23-9-7-22(2)8-10-23)21-18(19-13)20-14-5-4-6-15(12-14)25-3/h4-6,11-12H,7-10H2,1-3H3,(H,19,20,21). The van der Waals surface area contributed by atoms with Crippen molar-refractivity contribution in [2.45, 2.75) is 6.92 Å². The van der Waals surface area contributed by atoms with E-state index >= 15 is 0 Å². The van der Waals surface area contributed by atoms with Gasteiger partial charge in [0.1, 0.15) is 11.4 Å². The van der Waals surface area contributed by atoms with Gasteiger partial charge >= 0.3 is 0 Å². The van der Waals surface area contributed by atoms with Crippen LogP contribution in [-0.4, -0.2) is 66.0 Å². The number of carbonyl (C=O) groups excluding carboxylic acids is 1. The number of carbonyl (C=O) groups is 1. The fraction of sp³-hybridized carbons (Fsp3) is 0.389. The molecule has 1 amide bonds. The van der Waals surface area contributed by atoms with E-state index in [9.17, 15) is 4.79 Å². The molecule has 1 aliphatic rings. The summed E-state index contributed by atoms with van der Waals surface area (Å²) < 4.78 is 5.22. The van der Waals surface area contributed by atoms with Crippen LogP contribution < -0.4 is 10.1 Å². The molecule has 132 valence electrons. The van der Waals surface area contributed by atoms with Crippen molar-refractivity contribution in [3.8, 4) is 5.75 Å². The van der Waals surface area contributed by atoms with E-state index in [2.05, 4.69) is 27.2 Å². The zero-order valence-electron chi connectivity index (χ0n) is 14.8. The van der Waals surface area contributed by atoms with E-state index in [0.717, 1.165) is 43.3 Å². The number of benzene rings is 1. The molecule has 25 heavy (non-hydrogen) atoms. The summed E-state index contributed by atoms with van der Waals surface area (Å²) in [4.78, 5) is 25.6. The van der Waals surface area contributed by atoms with Crippen molar-refractivity contribution in [3.63, 3.8) is 0 Å². The fourth-order valence-electron chi connectivity index (χ4n) is 2.74. The van der Waals surface area contributed by atoms with E-state index in [0.29, 0.717) is 11.6 Å². The average molecular weight is 341 g/mol. The first-order chi connectivity index (χ1) is 12.0. The average Bonchev–Trinajstić information content (AvgIpc) is 2.61. The van der Waals surface area contributed by atoms with E-state index in [1.54, 1.807) is 13.2 Å². The highest BCUT2D eigenvalue weighted by Gasteiger charge is 2.22. The molecular formula is C18H23N5O2. The predicted molar refractivity (Wildman–Crippen MR) is 96.4 cm³/mol. The van der Waals surface area contributed by atoms with Crippen molar-refractivity contribution in [2.24, 2.45) is 0 Å². The first-order valence-electron chi connectivity index (χ1n) is 8.30. The number of aromatic nitrogens is 2. The molecule has 2 aromatic rings. The topological polar surface area (TPSA) is 70.6 Å². The number of nitrogens with one attached hydrogen (secondary N) is 1. The van der Waals surface area contributed by atoms with Gasteiger partial charge in [0.15, 0.2) is 0 Å². The molecule has 0 saturated carbocycles. The Bertz CT molecular complexity index is 757. The molecule has 7 nitrogen and oxygen atoms in total. The van der Waals surface area contributed by atoms with Gasteiger partial charge in [0.25, 0.3) is 5.91 Å². The van der Waals surface area contributed by atoms with Crippen LogP contribution in [0.15, 0.2) is 30.3 Å². The van der Waals surface area contributed by atoms with E-state index < -0.39 is 0 Å². The van der Waals surface area contributed by atoms with Gasteiger partial charge in [-0.25, -0.2) is 9.97 Å². The number of hydrogen-bond donors (Lipinski definition) is 1. The Labute approximate surface area is 147 Å². The molecule has 2 heterocycles. The quantitative estimate of drug-likeness (QED) is 0.916. The highest BCUT2D eigenvalue weighted by Crippen LogP contribution is 2.20. The minimum atomic E-state index is -0.0488. The van der Waals surface area contributed by atoms with Crippen molar-refractivity contribution < 1.29 is 9.53 Å². The number of aryl methyl sites for hydroxylation is 1. The second kappa shape index (κ2) is 7.48. The third-order valence-electron chi connectivity index (χ3n) is 4.19. The summed E-state index contributed by atoms with van der Waals surface area (Å²) in [6.45, 7) is 5.06. The molecule has 0 spiro atoms. The van der Waals surface area contributed by atoms with Crippen LogP contribution in [0.4, 0.5) is 11.6 Å². The van der Waals surface area contributed by atoms with E-state index in [1.165, 1.54) is 0 Å². The lowest BCUT2D eigenvalue weighted by molar-refractivity contribution is 0.0658. The maximum atomic E-state index is 12.7. The second-order valence-corrected chi connectivity index (χ2v) is 6.17. The molecule has 1 aliphatic heterocycles. The van der Waals surface area contributed by atoms with Crippen molar-refractivity contribution in [2.75, 3.05) is 45.7 Å². The van der Waals surface area contributed by atoms with Crippen LogP contribution in [0.5, 0.6) is 5.75 Å². The number of nitrogens with zero attached hydrogens (tertiary/aromatic N) is 4. The van der Waals surface area contributed by atoms with Crippen LogP contribution in [-0.2, 0) is 0 Å². The number of ether oxygens (including phenoxy) is 1. The maximum Gasteiger partial charge on any atom is 0.272 e. The van der Waals surface area contributed by atoms with Crippen molar-refractivity contribution >= 4 is 17.5 Å². The van der Waals surface area contributed by atoms with Gasteiger partial charge in [0.2, 0.25) is 5.95 Å². The SMILES string of the molecule is COc1cccc(Nc2nc(C)cc(C(=O)N3CCN(C)CC3)n2)c1. The Morgan fingerprint density at radius 1 is 1.16 bits per heavy atom. The zero-order chi connectivity index (χ0) is 17.8. The number of rotatable bonds is 4. The molecule has 7 heteroatoms. The van der Waals surface area contributed by atoms with Crippen molar-refractivity contribution in [1.82, 2.24) is 19.8 Å². The van der Waals surface area contributed by atoms with Gasteiger partial charge in [-0.2, -0.15) is 0 Å². The van der Waals surface area contributed by atoms with Gasteiger partial charge in [-0.15, -0.1) is 0 Å². The monoisotopic (exact) mass is 341 g/mol. The third-order valence-corrected chi connectivity index (χ3v) is 4.19. The van der Waals surface area contributed by atoms with Crippen molar-refractivity contribution in [3.05, 3.63) is 41.7 Å². The Morgan fingerprint density at radius 2 is 1.92 bits per heavy atom. The van der Waals surface area contributed by atoms with Crippen LogP contribution in [0.3, 0.4) is 0 Å². The molecule has 3 rings (SSSR count). The molecule has 0 radical (unpaired) electrons. The van der Waals surface area contributed by atoms with Gasteiger partial charge in [-0.1, -0.05) is 6.07 Å². The first-order valence-corrected chi connectivity index (χ1v) is 8.30. The fourth-order valence-corrected chi connectivity index (χ4v) is 2.74. The summed E-state index contributed by atoms with van der Waals surface area (Å²) in [5.74, 6) is 1.10. The Morgan fingerprint density at radius 3 is 2.64 bits per heavy atom.